The molecule has 23 heavy (non-hydrogen) atoms. The quantitative estimate of drug-likeness (QED) is 0.891. The van der Waals surface area contributed by atoms with Gasteiger partial charge in [0, 0.05) is 12.6 Å². The number of nitrogens with one attached hydrogen (secondary N) is 2. The van der Waals surface area contributed by atoms with Crippen molar-refractivity contribution in [3.63, 3.8) is 0 Å². The van der Waals surface area contributed by atoms with E-state index in [1.165, 1.54) is 5.56 Å². The van der Waals surface area contributed by atoms with Gasteiger partial charge in [-0.3, -0.25) is 4.79 Å². The second kappa shape index (κ2) is 7.24. The molecule has 2 N–H and O–H groups in total. The zero-order valence-corrected chi connectivity index (χ0v) is 13.2. The van der Waals surface area contributed by atoms with Crippen LogP contribution in [0.25, 0.3) is 0 Å². The van der Waals surface area contributed by atoms with Crippen LogP contribution in [0.15, 0.2) is 42.6 Å². The molecule has 120 valence electrons. The van der Waals surface area contributed by atoms with Crippen molar-refractivity contribution in [2.75, 3.05) is 18.4 Å². The highest BCUT2D eigenvalue weighted by Crippen LogP contribution is 2.22. The number of carbonyl (C=O) groups is 1. The fourth-order valence-electron chi connectivity index (χ4n) is 2.59. The summed E-state index contributed by atoms with van der Waals surface area (Å²) in [5.41, 5.74) is 1.91. The third kappa shape index (κ3) is 4.07. The Morgan fingerprint density at radius 3 is 3.00 bits per heavy atom. The first kappa shape index (κ1) is 15.5. The molecule has 2 aromatic rings. The van der Waals surface area contributed by atoms with E-state index in [0.29, 0.717) is 11.6 Å². The molecule has 1 saturated heterocycles. The fraction of sp³-hybridized carbons (Fsp3) is 0.333. The first-order valence-corrected chi connectivity index (χ1v) is 7.99. The minimum absolute atomic E-state index is 0.0427. The monoisotopic (exact) mass is 311 g/mol. The summed E-state index contributed by atoms with van der Waals surface area (Å²) in [6.07, 6.45) is 3.47. The topological polar surface area (TPSA) is 63.2 Å². The number of aromatic nitrogens is 1. The van der Waals surface area contributed by atoms with Gasteiger partial charge in [-0.15, -0.1) is 0 Å². The summed E-state index contributed by atoms with van der Waals surface area (Å²) in [6, 6.07) is 11.5. The van der Waals surface area contributed by atoms with E-state index in [9.17, 15) is 4.79 Å². The van der Waals surface area contributed by atoms with E-state index in [2.05, 4.69) is 28.6 Å². The van der Waals surface area contributed by atoms with Gasteiger partial charge in [0.15, 0.2) is 0 Å². The van der Waals surface area contributed by atoms with Gasteiger partial charge < -0.3 is 15.4 Å². The van der Waals surface area contributed by atoms with Gasteiger partial charge in [0.05, 0.1) is 17.8 Å². The number of benzene rings is 1. The summed E-state index contributed by atoms with van der Waals surface area (Å²) < 4.78 is 5.75. The highest BCUT2D eigenvalue weighted by atomic mass is 16.5. The maximum atomic E-state index is 12.1. The number of hydrogen-bond acceptors (Lipinski definition) is 4. The molecular formula is C18H21N3O2. The summed E-state index contributed by atoms with van der Waals surface area (Å²) in [4.78, 5) is 16.3. The first-order valence-electron chi connectivity index (χ1n) is 7.99. The van der Waals surface area contributed by atoms with Crippen LogP contribution in [0.3, 0.4) is 0 Å². The van der Waals surface area contributed by atoms with Gasteiger partial charge >= 0.3 is 0 Å². The number of rotatable bonds is 5. The Kier molecular flexibility index (Phi) is 4.88. The predicted octanol–water partition coefficient (Wildman–Crippen LogP) is 2.98. The van der Waals surface area contributed by atoms with Gasteiger partial charge in [-0.1, -0.05) is 19.1 Å². The third-order valence-electron chi connectivity index (χ3n) is 3.96. The molecule has 3 rings (SSSR count). The maximum absolute atomic E-state index is 12.1. The Hall–Kier alpha value is -2.40. The highest BCUT2D eigenvalue weighted by molar-refractivity contribution is 5.92. The van der Waals surface area contributed by atoms with E-state index in [4.69, 9.17) is 4.74 Å². The van der Waals surface area contributed by atoms with Crippen molar-refractivity contribution in [2.45, 2.75) is 19.8 Å². The summed E-state index contributed by atoms with van der Waals surface area (Å²) in [5, 5.41) is 6.08. The van der Waals surface area contributed by atoms with E-state index in [-0.39, 0.29) is 11.8 Å². The zero-order chi connectivity index (χ0) is 16.1. The van der Waals surface area contributed by atoms with Crippen LogP contribution in [0.2, 0.25) is 0 Å². The average molecular weight is 311 g/mol. The number of aryl methyl sites for hydroxylation is 1. The molecule has 1 aliphatic rings. The lowest BCUT2D eigenvalue weighted by atomic mass is 10.1. The summed E-state index contributed by atoms with van der Waals surface area (Å²) in [6.45, 7) is 3.75. The molecule has 1 amide bonds. The normalized spacial score (nSPS) is 17.0. The number of anilines is 1. The van der Waals surface area contributed by atoms with E-state index in [1.807, 2.05) is 24.3 Å². The molecule has 1 aromatic carbocycles. The van der Waals surface area contributed by atoms with Crippen molar-refractivity contribution >= 4 is 11.6 Å². The molecule has 5 nitrogen and oxygen atoms in total. The minimum Gasteiger partial charge on any atom is -0.439 e. The molecule has 5 heteroatoms. The Morgan fingerprint density at radius 1 is 1.39 bits per heavy atom. The molecule has 2 heterocycles. The van der Waals surface area contributed by atoms with Gasteiger partial charge in [-0.2, -0.15) is 0 Å². The van der Waals surface area contributed by atoms with Crippen LogP contribution in [0, 0.1) is 5.92 Å². The van der Waals surface area contributed by atoms with E-state index in [1.54, 1.807) is 12.3 Å². The van der Waals surface area contributed by atoms with E-state index >= 15 is 0 Å². The number of carbonyl (C=O) groups excluding carboxylic acids is 1. The van der Waals surface area contributed by atoms with Crippen molar-refractivity contribution in [2.24, 2.45) is 5.92 Å². The number of amides is 1. The molecule has 1 aliphatic heterocycles. The van der Waals surface area contributed by atoms with Crippen LogP contribution in [-0.2, 0) is 11.2 Å². The van der Waals surface area contributed by atoms with E-state index < -0.39 is 0 Å². The second-order valence-corrected chi connectivity index (χ2v) is 5.67. The summed E-state index contributed by atoms with van der Waals surface area (Å²) in [7, 11) is 0. The molecule has 1 aromatic heterocycles. The molecule has 0 saturated carbocycles. The number of pyridine rings is 1. The lowest BCUT2D eigenvalue weighted by Gasteiger charge is -2.10. The van der Waals surface area contributed by atoms with Crippen LogP contribution < -0.4 is 15.4 Å². The first-order chi connectivity index (χ1) is 11.2. The predicted molar refractivity (Wildman–Crippen MR) is 89.7 cm³/mol. The number of hydrogen-bond donors (Lipinski definition) is 2. The van der Waals surface area contributed by atoms with Crippen molar-refractivity contribution in [1.29, 1.82) is 0 Å². The standard InChI is InChI=1S/C18H21N3O2/c1-2-13-4-3-5-16(10-13)23-17-7-6-15(12-20-17)21-18(22)14-8-9-19-11-14/h3-7,10,12,14,19H,2,8-9,11H2,1H3,(H,21,22). The molecular weight excluding hydrogens is 290 g/mol. The molecule has 0 radical (unpaired) electrons. The lowest BCUT2D eigenvalue weighted by molar-refractivity contribution is -0.119. The molecule has 1 atom stereocenters. The Balaban J connectivity index is 1.61. The van der Waals surface area contributed by atoms with Crippen LogP contribution in [0.5, 0.6) is 11.6 Å². The largest absolute Gasteiger partial charge is 0.439 e. The van der Waals surface area contributed by atoms with Crippen LogP contribution in [0.4, 0.5) is 5.69 Å². The molecule has 0 spiro atoms. The number of ether oxygens (including phenoxy) is 1. The van der Waals surface area contributed by atoms with Gasteiger partial charge in [0.2, 0.25) is 11.8 Å². The molecule has 0 aliphatic carbocycles. The zero-order valence-electron chi connectivity index (χ0n) is 13.2. The molecule has 1 fully saturated rings. The van der Waals surface area contributed by atoms with Gasteiger partial charge in [-0.25, -0.2) is 4.98 Å². The van der Waals surface area contributed by atoms with Crippen LogP contribution in [-0.4, -0.2) is 24.0 Å². The van der Waals surface area contributed by atoms with Gasteiger partial charge in [0.25, 0.3) is 0 Å². The van der Waals surface area contributed by atoms with Crippen molar-refractivity contribution in [3.05, 3.63) is 48.2 Å². The molecule has 0 bridgehead atoms. The summed E-state index contributed by atoms with van der Waals surface area (Å²) >= 11 is 0. The summed E-state index contributed by atoms with van der Waals surface area (Å²) in [5.74, 6) is 1.37. The third-order valence-corrected chi connectivity index (χ3v) is 3.96. The highest BCUT2D eigenvalue weighted by Gasteiger charge is 2.22. The maximum Gasteiger partial charge on any atom is 0.228 e. The van der Waals surface area contributed by atoms with Gasteiger partial charge in [-0.05, 0) is 43.1 Å². The smallest absolute Gasteiger partial charge is 0.228 e. The second-order valence-electron chi connectivity index (χ2n) is 5.67. The van der Waals surface area contributed by atoms with E-state index in [0.717, 1.165) is 31.7 Å². The Bertz CT molecular complexity index is 664. The fourth-order valence-corrected chi connectivity index (χ4v) is 2.59. The minimum atomic E-state index is 0.0427. The van der Waals surface area contributed by atoms with Crippen molar-refractivity contribution in [3.8, 4) is 11.6 Å². The Morgan fingerprint density at radius 2 is 2.30 bits per heavy atom. The average Bonchev–Trinajstić information content (AvgIpc) is 3.11. The Labute approximate surface area is 136 Å². The molecule has 1 unspecified atom stereocenters. The lowest BCUT2D eigenvalue weighted by Crippen LogP contribution is -2.24. The van der Waals surface area contributed by atoms with Gasteiger partial charge in [0.1, 0.15) is 5.75 Å². The van der Waals surface area contributed by atoms with Crippen molar-refractivity contribution < 1.29 is 9.53 Å². The number of nitrogens with zero attached hydrogens (tertiary/aromatic N) is 1. The SMILES string of the molecule is CCc1cccc(Oc2ccc(NC(=O)C3CCNC3)cn2)c1. The van der Waals surface area contributed by atoms with Crippen molar-refractivity contribution in [1.82, 2.24) is 10.3 Å². The van der Waals surface area contributed by atoms with Crippen LogP contribution >= 0.6 is 0 Å². The van der Waals surface area contributed by atoms with Crippen LogP contribution in [0.1, 0.15) is 18.9 Å².